The van der Waals surface area contributed by atoms with Crippen LogP contribution in [0.4, 0.5) is 0 Å². The van der Waals surface area contributed by atoms with Gasteiger partial charge in [0.25, 0.3) is 5.91 Å². The molecule has 3 aromatic rings. The monoisotopic (exact) mass is 412 g/mol. The summed E-state index contributed by atoms with van der Waals surface area (Å²) in [7, 11) is -3.32. The Morgan fingerprint density at radius 1 is 1.21 bits per heavy atom. The Kier molecular flexibility index (Phi) is 5.54. The minimum absolute atomic E-state index is 0.201. The molecule has 0 aliphatic carbocycles. The number of terminal acetylenes is 1. The molecule has 0 N–H and O–H groups in total. The molecule has 1 amide bonds. The van der Waals surface area contributed by atoms with E-state index in [1.807, 2.05) is 32.0 Å². The Labute approximate surface area is 168 Å². The number of fused-ring (bicyclic) bond motifs is 1. The lowest BCUT2D eigenvalue weighted by molar-refractivity contribution is -0.117. The van der Waals surface area contributed by atoms with Crippen molar-refractivity contribution in [3.8, 4) is 12.3 Å². The molecule has 2 aromatic carbocycles. The molecule has 0 atom stereocenters. The van der Waals surface area contributed by atoms with Crippen molar-refractivity contribution in [1.82, 2.24) is 4.57 Å². The first-order valence-electron chi connectivity index (χ1n) is 8.59. The quantitative estimate of drug-likeness (QED) is 0.619. The molecule has 0 saturated heterocycles. The first-order chi connectivity index (χ1) is 13.2. The van der Waals surface area contributed by atoms with Gasteiger partial charge in [-0.25, -0.2) is 8.42 Å². The second kappa shape index (κ2) is 7.74. The number of amides is 1. The van der Waals surface area contributed by atoms with Gasteiger partial charge in [0.2, 0.25) is 0 Å². The van der Waals surface area contributed by atoms with Crippen LogP contribution in [0.15, 0.2) is 46.3 Å². The highest BCUT2D eigenvalue weighted by atomic mass is 32.2. The number of nitrogens with zero attached hydrogens (tertiary/aromatic N) is 2. The number of aromatic nitrogens is 1. The van der Waals surface area contributed by atoms with E-state index >= 15 is 0 Å². The average molecular weight is 413 g/mol. The highest BCUT2D eigenvalue weighted by Gasteiger charge is 2.13. The van der Waals surface area contributed by atoms with Crippen LogP contribution < -0.4 is 4.80 Å². The zero-order valence-electron chi connectivity index (χ0n) is 15.9. The number of thiazole rings is 1. The summed E-state index contributed by atoms with van der Waals surface area (Å²) in [4.78, 5) is 17.5. The van der Waals surface area contributed by atoms with Crippen molar-refractivity contribution in [3.05, 3.63) is 57.9 Å². The Hall–Kier alpha value is -2.69. The third-order valence-electron chi connectivity index (χ3n) is 4.40. The van der Waals surface area contributed by atoms with Gasteiger partial charge in [-0.05, 0) is 43.2 Å². The van der Waals surface area contributed by atoms with Crippen molar-refractivity contribution in [2.45, 2.75) is 31.7 Å². The van der Waals surface area contributed by atoms with Gasteiger partial charge in [0, 0.05) is 6.26 Å². The second-order valence-electron chi connectivity index (χ2n) is 6.69. The Morgan fingerprint density at radius 3 is 2.64 bits per heavy atom. The lowest BCUT2D eigenvalue weighted by atomic mass is 10.0. The number of benzene rings is 2. The van der Waals surface area contributed by atoms with Crippen molar-refractivity contribution in [2.24, 2.45) is 4.99 Å². The topological polar surface area (TPSA) is 68.5 Å². The Morgan fingerprint density at radius 2 is 1.96 bits per heavy atom. The van der Waals surface area contributed by atoms with Gasteiger partial charge in [-0.15, -0.1) is 6.42 Å². The van der Waals surface area contributed by atoms with Crippen molar-refractivity contribution in [2.75, 3.05) is 6.26 Å². The molecular formula is C21H20N2O3S2. The molecule has 0 fully saturated rings. The minimum atomic E-state index is -3.32. The van der Waals surface area contributed by atoms with E-state index in [0.717, 1.165) is 33.2 Å². The van der Waals surface area contributed by atoms with Crippen LogP contribution in [-0.4, -0.2) is 25.1 Å². The maximum Gasteiger partial charge on any atom is 0.252 e. The fourth-order valence-corrected chi connectivity index (χ4v) is 4.72. The van der Waals surface area contributed by atoms with Crippen LogP contribution in [0.25, 0.3) is 10.2 Å². The normalized spacial score (nSPS) is 12.3. The number of hydrogen-bond acceptors (Lipinski definition) is 4. The van der Waals surface area contributed by atoms with E-state index in [-0.39, 0.29) is 23.8 Å². The van der Waals surface area contributed by atoms with Gasteiger partial charge in [-0.3, -0.25) is 4.79 Å². The summed E-state index contributed by atoms with van der Waals surface area (Å²) in [6, 6.07) is 10.8. The van der Waals surface area contributed by atoms with E-state index < -0.39 is 9.84 Å². The molecule has 3 rings (SSSR count). The predicted molar refractivity (Wildman–Crippen MR) is 112 cm³/mol. The van der Waals surface area contributed by atoms with Gasteiger partial charge in [0.05, 0.1) is 28.1 Å². The fourth-order valence-electron chi connectivity index (χ4n) is 2.91. The highest BCUT2D eigenvalue weighted by molar-refractivity contribution is 7.90. The van der Waals surface area contributed by atoms with E-state index in [9.17, 15) is 13.2 Å². The lowest BCUT2D eigenvalue weighted by Gasteiger charge is -2.04. The van der Waals surface area contributed by atoms with Crippen LogP contribution >= 0.6 is 11.3 Å². The van der Waals surface area contributed by atoms with E-state index in [1.165, 1.54) is 11.3 Å². The van der Waals surface area contributed by atoms with Crippen molar-refractivity contribution < 1.29 is 13.2 Å². The number of carbonyl (C=O) groups is 1. The molecule has 0 saturated carbocycles. The summed E-state index contributed by atoms with van der Waals surface area (Å²) in [5, 5.41) is 0. The summed E-state index contributed by atoms with van der Waals surface area (Å²) in [6.07, 6.45) is 6.84. The first-order valence-corrected chi connectivity index (χ1v) is 11.3. The number of hydrogen-bond donors (Lipinski definition) is 0. The van der Waals surface area contributed by atoms with Gasteiger partial charge < -0.3 is 4.57 Å². The standard InChI is InChI=1S/C21H20N2O3S2/c1-5-10-23-18-9-8-17(28(4,25)26)13-19(18)27-21(23)22-20(24)12-16-11-14(2)6-7-15(16)3/h1,6-9,11,13H,10,12H2,2-4H3. The van der Waals surface area contributed by atoms with Crippen LogP contribution in [0.3, 0.4) is 0 Å². The lowest BCUT2D eigenvalue weighted by Crippen LogP contribution is -2.17. The maximum absolute atomic E-state index is 12.6. The second-order valence-corrected chi connectivity index (χ2v) is 9.71. The molecule has 0 radical (unpaired) electrons. The van der Waals surface area contributed by atoms with Gasteiger partial charge in [-0.1, -0.05) is 41.0 Å². The molecule has 0 spiro atoms. The SMILES string of the molecule is C#CCn1c(=NC(=O)Cc2cc(C)ccc2C)sc2cc(S(C)(=O)=O)ccc21. The molecule has 0 unspecified atom stereocenters. The third-order valence-corrected chi connectivity index (χ3v) is 6.55. The van der Waals surface area contributed by atoms with Crippen molar-refractivity contribution in [3.63, 3.8) is 0 Å². The number of rotatable bonds is 4. The van der Waals surface area contributed by atoms with E-state index in [4.69, 9.17) is 6.42 Å². The summed E-state index contributed by atoms with van der Waals surface area (Å²) in [5.41, 5.74) is 3.83. The van der Waals surface area contributed by atoms with Crippen LogP contribution in [0.1, 0.15) is 16.7 Å². The molecule has 0 aliphatic rings. The van der Waals surface area contributed by atoms with Crippen LogP contribution in [-0.2, 0) is 27.6 Å². The number of sulfone groups is 1. The highest BCUT2D eigenvalue weighted by Crippen LogP contribution is 2.22. The maximum atomic E-state index is 12.6. The molecular weight excluding hydrogens is 392 g/mol. The van der Waals surface area contributed by atoms with E-state index in [1.54, 1.807) is 22.8 Å². The molecule has 144 valence electrons. The molecule has 1 aromatic heterocycles. The largest absolute Gasteiger partial charge is 0.305 e. The summed E-state index contributed by atoms with van der Waals surface area (Å²) in [5.74, 6) is 2.30. The van der Waals surface area contributed by atoms with Gasteiger partial charge in [0.15, 0.2) is 14.6 Å². The van der Waals surface area contributed by atoms with Crippen molar-refractivity contribution in [1.29, 1.82) is 0 Å². The number of aryl methyl sites for hydroxylation is 2. The average Bonchev–Trinajstić information content (AvgIpc) is 2.94. The zero-order valence-corrected chi connectivity index (χ0v) is 17.5. The van der Waals surface area contributed by atoms with Crippen LogP contribution in [0, 0.1) is 26.2 Å². The van der Waals surface area contributed by atoms with E-state index in [2.05, 4.69) is 10.9 Å². The number of carbonyl (C=O) groups excluding carboxylic acids is 1. The van der Waals surface area contributed by atoms with E-state index in [0.29, 0.717) is 4.80 Å². The minimum Gasteiger partial charge on any atom is -0.305 e. The van der Waals surface area contributed by atoms with Gasteiger partial charge >= 0.3 is 0 Å². The molecule has 7 heteroatoms. The Balaban J connectivity index is 2.07. The van der Waals surface area contributed by atoms with Gasteiger partial charge in [0.1, 0.15) is 0 Å². The smallest absolute Gasteiger partial charge is 0.252 e. The fraction of sp³-hybridized carbons (Fsp3) is 0.238. The van der Waals surface area contributed by atoms with Gasteiger partial charge in [-0.2, -0.15) is 4.99 Å². The summed E-state index contributed by atoms with van der Waals surface area (Å²) in [6.45, 7) is 4.19. The third kappa shape index (κ3) is 4.24. The predicted octanol–water partition coefficient (Wildman–Crippen LogP) is 3.03. The van der Waals surface area contributed by atoms with Crippen molar-refractivity contribution >= 4 is 37.3 Å². The molecule has 1 heterocycles. The Bertz CT molecular complexity index is 1290. The molecule has 0 bridgehead atoms. The zero-order chi connectivity index (χ0) is 20.5. The summed E-state index contributed by atoms with van der Waals surface area (Å²) >= 11 is 1.26. The first kappa shape index (κ1) is 20.1. The molecule has 28 heavy (non-hydrogen) atoms. The molecule has 5 nitrogen and oxygen atoms in total. The van der Waals surface area contributed by atoms with Crippen LogP contribution in [0.2, 0.25) is 0 Å². The summed E-state index contributed by atoms with van der Waals surface area (Å²) < 4.78 is 26.1. The van der Waals surface area contributed by atoms with Crippen LogP contribution in [0.5, 0.6) is 0 Å². The molecule has 0 aliphatic heterocycles.